The third-order valence-electron chi connectivity index (χ3n) is 2.81. The van der Waals surface area contributed by atoms with Crippen LogP contribution < -0.4 is 0 Å². The third kappa shape index (κ3) is 6.40. The van der Waals surface area contributed by atoms with Crippen LogP contribution in [0, 0.1) is 0 Å². The highest BCUT2D eigenvalue weighted by atomic mass is 16.8. The van der Waals surface area contributed by atoms with Crippen molar-refractivity contribution in [3.8, 4) is 0 Å². The molecular formula is C15H21NO9. The van der Waals surface area contributed by atoms with Crippen LogP contribution in [0.4, 0.5) is 4.79 Å². The zero-order chi connectivity index (χ0) is 19.4. The summed E-state index contributed by atoms with van der Waals surface area (Å²) in [6.07, 6.45) is -3.93. The molecule has 0 radical (unpaired) electrons. The number of rotatable bonds is 5. The predicted octanol–water partition coefficient (Wildman–Crippen LogP) is 0.865. The predicted molar refractivity (Wildman–Crippen MR) is 79.5 cm³/mol. The van der Waals surface area contributed by atoms with Crippen molar-refractivity contribution in [1.29, 1.82) is 0 Å². The second kappa shape index (κ2) is 7.95. The number of carbonyl (C=O) groups is 5. The lowest BCUT2D eigenvalue weighted by Gasteiger charge is -2.21. The molecule has 10 nitrogen and oxygen atoms in total. The summed E-state index contributed by atoms with van der Waals surface area (Å²) in [5.41, 5.74) is -0.799. The van der Waals surface area contributed by atoms with Crippen LogP contribution in [0.5, 0.6) is 0 Å². The Hall–Kier alpha value is -2.65. The molecule has 0 aromatic carbocycles. The quantitative estimate of drug-likeness (QED) is 0.519. The van der Waals surface area contributed by atoms with Crippen molar-refractivity contribution < 1.29 is 43.0 Å². The molecule has 0 aromatic heterocycles. The molecule has 1 unspecified atom stereocenters. The van der Waals surface area contributed by atoms with Gasteiger partial charge in [0.25, 0.3) is 11.8 Å². The molecule has 10 heteroatoms. The molecule has 1 rings (SSSR count). The number of ether oxygens (including phenoxy) is 3. The van der Waals surface area contributed by atoms with E-state index in [1.54, 1.807) is 20.8 Å². The van der Waals surface area contributed by atoms with Crippen molar-refractivity contribution in [3.05, 3.63) is 0 Å². The van der Waals surface area contributed by atoms with Crippen LogP contribution in [-0.4, -0.2) is 52.8 Å². The highest BCUT2D eigenvalue weighted by molar-refractivity contribution is 6.01. The standard InChI is InChI=1S/C15H21NO9/c1-8(23-14(21)24-15(3,4)5)12(19)22-9(2)13(20)25-16-10(17)6-7-11(16)18/h8-9H,6-7H2,1-5H3/t8-,9?/m0/s1. The Morgan fingerprint density at radius 2 is 1.40 bits per heavy atom. The average Bonchev–Trinajstić information content (AvgIpc) is 2.76. The second-order valence-electron chi connectivity index (χ2n) is 6.30. The molecule has 1 aliphatic heterocycles. The van der Waals surface area contributed by atoms with Crippen LogP contribution in [0.3, 0.4) is 0 Å². The van der Waals surface area contributed by atoms with E-state index in [-0.39, 0.29) is 12.8 Å². The number of hydroxylamine groups is 2. The van der Waals surface area contributed by atoms with E-state index in [0.29, 0.717) is 5.06 Å². The van der Waals surface area contributed by atoms with Crippen LogP contribution >= 0.6 is 0 Å². The number of amides is 2. The lowest BCUT2D eigenvalue weighted by molar-refractivity contribution is -0.206. The molecule has 140 valence electrons. The van der Waals surface area contributed by atoms with Gasteiger partial charge < -0.3 is 19.0 Å². The maximum atomic E-state index is 11.8. The Morgan fingerprint density at radius 3 is 1.88 bits per heavy atom. The molecule has 1 aliphatic rings. The fraction of sp³-hybridized carbons (Fsp3) is 0.667. The van der Waals surface area contributed by atoms with Crippen LogP contribution in [-0.2, 0) is 38.2 Å². The van der Waals surface area contributed by atoms with Crippen LogP contribution in [0.1, 0.15) is 47.5 Å². The summed E-state index contributed by atoms with van der Waals surface area (Å²) >= 11 is 0. The summed E-state index contributed by atoms with van der Waals surface area (Å²) < 4.78 is 14.4. The van der Waals surface area contributed by atoms with Crippen molar-refractivity contribution in [2.45, 2.75) is 65.3 Å². The molecule has 25 heavy (non-hydrogen) atoms. The van der Waals surface area contributed by atoms with Gasteiger partial charge in [-0.2, -0.15) is 0 Å². The van der Waals surface area contributed by atoms with Crippen molar-refractivity contribution in [3.63, 3.8) is 0 Å². The second-order valence-corrected chi connectivity index (χ2v) is 6.30. The van der Waals surface area contributed by atoms with Gasteiger partial charge in [-0.15, -0.1) is 5.06 Å². The number of hydrogen-bond acceptors (Lipinski definition) is 9. The van der Waals surface area contributed by atoms with Crippen molar-refractivity contribution in [2.75, 3.05) is 0 Å². The lowest BCUT2D eigenvalue weighted by Crippen LogP contribution is -2.39. The van der Waals surface area contributed by atoms with E-state index < -0.39 is 47.7 Å². The van der Waals surface area contributed by atoms with Gasteiger partial charge in [-0.25, -0.2) is 14.4 Å². The van der Waals surface area contributed by atoms with E-state index in [9.17, 15) is 24.0 Å². The summed E-state index contributed by atoms with van der Waals surface area (Å²) in [6, 6.07) is 0. The minimum atomic E-state index is -1.42. The zero-order valence-corrected chi connectivity index (χ0v) is 14.7. The molecule has 2 amide bonds. The van der Waals surface area contributed by atoms with Crippen molar-refractivity contribution in [2.24, 2.45) is 0 Å². The first-order valence-corrected chi connectivity index (χ1v) is 7.58. The Bertz CT molecular complexity index is 562. The molecule has 0 saturated carbocycles. The largest absolute Gasteiger partial charge is 0.509 e. The van der Waals surface area contributed by atoms with E-state index in [1.165, 1.54) is 13.8 Å². The van der Waals surface area contributed by atoms with E-state index in [1.807, 2.05) is 0 Å². The smallest absolute Gasteiger partial charge is 0.448 e. The number of imide groups is 1. The van der Waals surface area contributed by atoms with Gasteiger partial charge in [-0.3, -0.25) is 9.59 Å². The molecule has 0 N–H and O–H groups in total. The van der Waals surface area contributed by atoms with Crippen LogP contribution in [0.15, 0.2) is 0 Å². The van der Waals surface area contributed by atoms with Gasteiger partial charge in [0.05, 0.1) is 0 Å². The summed E-state index contributed by atoms with van der Waals surface area (Å²) in [4.78, 5) is 62.4. The van der Waals surface area contributed by atoms with Gasteiger partial charge >= 0.3 is 18.1 Å². The van der Waals surface area contributed by atoms with Gasteiger partial charge in [-0.1, -0.05) is 0 Å². The molecule has 2 atom stereocenters. The number of carbonyl (C=O) groups excluding carboxylic acids is 5. The highest BCUT2D eigenvalue weighted by Gasteiger charge is 2.35. The van der Waals surface area contributed by atoms with E-state index in [0.717, 1.165) is 0 Å². The topological polar surface area (TPSA) is 126 Å². The molecular weight excluding hydrogens is 338 g/mol. The summed E-state index contributed by atoms with van der Waals surface area (Å²) in [5.74, 6) is -3.44. The summed E-state index contributed by atoms with van der Waals surface area (Å²) in [7, 11) is 0. The molecule has 0 spiro atoms. The van der Waals surface area contributed by atoms with E-state index in [4.69, 9.17) is 14.2 Å². The van der Waals surface area contributed by atoms with E-state index >= 15 is 0 Å². The van der Waals surface area contributed by atoms with Gasteiger partial charge in [0.15, 0.2) is 12.2 Å². The van der Waals surface area contributed by atoms with Crippen LogP contribution in [0.25, 0.3) is 0 Å². The first kappa shape index (κ1) is 20.4. The molecule has 1 fully saturated rings. The summed E-state index contributed by atoms with van der Waals surface area (Å²) in [6.45, 7) is 7.28. The Balaban J connectivity index is 2.49. The molecule has 1 saturated heterocycles. The fourth-order valence-electron chi connectivity index (χ4n) is 1.61. The van der Waals surface area contributed by atoms with Crippen LogP contribution in [0.2, 0.25) is 0 Å². The minimum Gasteiger partial charge on any atom is -0.448 e. The van der Waals surface area contributed by atoms with Crippen molar-refractivity contribution in [1.82, 2.24) is 5.06 Å². The third-order valence-corrected chi connectivity index (χ3v) is 2.81. The maximum Gasteiger partial charge on any atom is 0.509 e. The van der Waals surface area contributed by atoms with Gasteiger partial charge in [-0.05, 0) is 34.6 Å². The Labute approximate surface area is 144 Å². The highest BCUT2D eigenvalue weighted by Crippen LogP contribution is 2.14. The molecule has 0 aromatic rings. The Morgan fingerprint density at radius 1 is 0.920 bits per heavy atom. The lowest BCUT2D eigenvalue weighted by atomic mass is 10.2. The number of nitrogens with zero attached hydrogens (tertiary/aromatic N) is 1. The van der Waals surface area contributed by atoms with Gasteiger partial charge in [0.1, 0.15) is 5.60 Å². The maximum absolute atomic E-state index is 11.8. The average molecular weight is 359 g/mol. The normalized spacial score (nSPS) is 16.9. The zero-order valence-electron chi connectivity index (χ0n) is 14.7. The molecule has 0 aliphatic carbocycles. The Kier molecular flexibility index (Phi) is 6.49. The molecule has 0 bridgehead atoms. The van der Waals surface area contributed by atoms with E-state index in [2.05, 4.69) is 4.84 Å². The number of hydrogen-bond donors (Lipinski definition) is 0. The van der Waals surface area contributed by atoms with Gasteiger partial charge in [0.2, 0.25) is 0 Å². The summed E-state index contributed by atoms with van der Waals surface area (Å²) in [5, 5.41) is 0.341. The molecule has 1 heterocycles. The van der Waals surface area contributed by atoms with Gasteiger partial charge in [0, 0.05) is 12.8 Å². The first-order chi connectivity index (χ1) is 11.4. The SMILES string of the molecule is CC(OC(=O)[C@H](C)OC(=O)OC(C)(C)C)C(=O)ON1C(=O)CCC1=O. The monoisotopic (exact) mass is 359 g/mol. The number of esters is 1. The fourth-order valence-corrected chi connectivity index (χ4v) is 1.61. The first-order valence-electron chi connectivity index (χ1n) is 7.58. The minimum absolute atomic E-state index is 0.0545. The van der Waals surface area contributed by atoms with Crippen molar-refractivity contribution >= 4 is 29.9 Å².